The molecular weight excluding hydrogens is 256 g/mol. The number of nitrogens with one attached hydrogen (secondary N) is 1. The lowest BCUT2D eigenvalue weighted by atomic mass is 10.3. The molecule has 1 nitrogen and oxygen atoms in total. The van der Waals surface area contributed by atoms with E-state index in [0.29, 0.717) is 18.0 Å². The molecule has 0 bridgehead atoms. The lowest BCUT2D eigenvalue weighted by Crippen LogP contribution is -2.02. The molecule has 0 amide bonds. The van der Waals surface area contributed by atoms with Gasteiger partial charge in [-0.05, 0) is 34.5 Å². The third-order valence-corrected chi connectivity index (χ3v) is 2.98. The van der Waals surface area contributed by atoms with Crippen LogP contribution in [-0.2, 0) is 0 Å². The Labute approximate surface area is 90.4 Å². The highest BCUT2D eigenvalue weighted by atomic mass is 79.9. The van der Waals surface area contributed by atoms with E-state index in [9.17, 15) is 4.39 Å². The average Bonchev–Trinajstić information content (AvgIpc) is 2.13. The number of hydrogen-bond acceptors (Lipinski definition) is 1. The molecule has 0 radical (unpaired) electrons. The second kappa shape index (κ2) is 5.45. The third-order valence-electron chi connectivity index (χ3n) is 1.58. The van der Waals surface area contributed by atoms with Gasteiger partial charge in [0.05, 0.1) is 16.2 Å². The highest BCUT2D eigenvalue weighted by Gasteiger charge is 2.01. The fraction of sp³-hybridized carbons (Fsp3) is 0.333. The first kappa shape index (κ1) is 10.8. The normalized spacial score (nSPS) is 10.1. The Hall–Kier alpha value is -0.280. The van der Waals surface area contributed by atoms with E-state index in [1.165, 1.54) is 0 Å². The van der Waals surface area contributed by atoms with Gasteiger partial charge in [-0.1, -0.05) is 17.7 Å². The van der Waals surface area contributed by atoms with Crippen LogP contribution in [0.25, 0.3) is 0 Å². The van der Waals surface area contributed by atoms with Crippen LogP contribution < -0.4 is 5.32 Å². The summed E-state index contributed by atoms with van der Waals surface area (Å²) in [6.45, 7) is 0.320. The molecule has 0 aromatic heterocycles. The topological polar surface area (TPSA) is 12.0 Å². The fourth-order valence-electron chi connectivity index (χ4n) is 0.930. The van der Waals surface area contributed by atoms with Gasteiger partial charge < -0.3 is 5.32 Å². The SMILES string of the molecule is FCCCNc1cccc(Cl)c1Br. The molecule has 0 aliphatic rings. The highest BCUT2D eigenvalue weighted by Crippen LogP contribution is 2.29. The van der Waals surface area contributed by atoms with Gasteiger partial charge in [0.25, 0.3) is 0 Å². The Balaban J connectivity index is 2.61. The van der Waals surface area contributed by atoms with Crippen LogP contribution >= 0.6 is 27.5 Å². The van der Waals surface area contributed by atoms with Gasteiger partial charge in [0.15, 0.2) is 0 Å². The maximum Gasteiger partial charge on any atom is 0.0911 e. The van der Waals surface area contributed by atoms with Crippen LogP contribution in [-0.4, -0.2) is 13.2 Å². The van der Waals surface area contributed by atoms with Gasteiger partial charge in [-0.3, -0.25) is 4.39 Å². The molecule has 1 N–H and O–H groups in total. The molecular formula is C9H10BrClFN. The number of rotatable bonds is 4. The van der Waals surface area contributed by atoms with Crippen molar-refractivity contribution in [2.24, 2.45) is 0 Å². The monoisotopic (exact) mass is 265 g/mol. The molecule has 0 spiro atoms. The first-order valence-electron chi connectivity index (χ1n) is 3.99. The molecule has 0 atom stereocenters. The van der Waals surface area contributed by atoms with E-state index >= 15 is 0 Å². The number of halogens is 3. The molecule has 72 valence electrons. The third kappa shape index (κ3) is 3.16. The summed E-state index contributed by atoms with van der Waals surface area (Å²) >= 11 is 9.21. The zero-order valence-corrected chi connectivity index (χ0v) is 9.33. The van der Waals surface area contributed by atoms with Gasteiger partial charge in [0, 0.05) is 12.2 Å². The highest BCUT2D eigenvalue weighted by molar-refractivity contribution is 9.10. The van der Waals surface area contributed by atoms with Gasteiger partial charge in [0.1, 0.15) is 0 Å². The lowest BCUT2D eigenvalue weighted by molar-refractivity contribution is 0.481. The minimum atomic E-state index is -0.300. The van der Waals surface area contributed by atoms with Gasteiger partial charge in [-0.25, -0.2) is 0 Å². The van der Waals surface area contributed by atoms with Crippen LogP contribution in [0.3, 0.4) is 0 Å². The minimum absolute atomic E-state index is 0.300. The Morgan fingerprint density at radius 1 is 1.46 bits per heavy atom. The van der Waals surface area contributed by atoms with E-state index in [-0.39, 0.29) is 6.67 Å². The second-order valence-corrected chi connectivity index (χ2v) is 3.77. The summed E-state index contributed by atoms with van der Waals surface area (Å²) in [7, 11) is 0. The summed E-state index contributed by atoms with van der Waals surface area (Å²) in [5.74, 6) is 0. The zero-order valence-electron chi connectivity index (χ0n) is 6.99. The van der Waals surface area contributed by atoms with Crippen molar-refractivity contribution in [3.63, 3.8) is 0 Å². The second-order valence-electron chi connectivity index (χ2n) is 2.57. The summed E-state index contributed by atoms with van der Waals surface area (Å²) in [5.41, 5.74) is 0.904. The van der Waals surface area contributed by atoms with E-state index in [1.807, 2.05) is 12.1 Å². The lowest BCUT2D eigenvalue weighted by Gasteiger charge is -2.07. The van der Waals surface area contributed by atoms with Crippen LogP contribution in [0.1, 0.15) is 6.42 Å². The van der Waals surface area contributed by atoms with E-state index in [2.05, 4.69) is 21.2 Å². The molecule has 0 fully saturated rings. The van der Waals surface area contributed by atoms with Crippen LogP contribution in [0.4, 0.5) is 10.1 Å². The molecule has 0 aliphatic heterocycles. The van der Waals surface area contributed by atoms with Crippen molar-refractivity contribution >= 4 is 33.2 Å². The minimum Gasteiger partial charge on any atom is -0.384 e. The number of benzene rings is 1. The average molecular weight is 267 g/mol. The summed E-state index contributed by atoms with van der Waals surface area (Å²) < 4.78 is 12.6. The maximum atomic E-state index is 11.8. The summed E-state index contributed by atoms with van der Waals surface area (Å²) in [4.78, 5) is 0. The molecule has 1 aromatic rings. The van der Waals surface area contributed by atoms with Crippen molar-refractivity contribution in [3.8, 4) is 0 Å². The van der Waals surface area contributed by atoms with Crippen molar-refractivity contribution in [2.45, 2.75) is 6.42 Å². The number of anilines is 1. The molecule has 0 aliphatic carbocycles. The van der Waals surface area contributed by atoms with E-state index in [0.717, 1.165) is 10.2 Å². The van der Waals surface area contributed by atoms with Gasteiger partial charge in [0.2, 0.25) is 0 Å². The number of alkyl halides is 1. The Kier molecular flexibility index (Phi) is 4.53. The molecule has 4 heteroatoms. The van der Waals surface area contributed by atoms with Crippen LogP contribution in [0.2, 0.25) is 5.02 Å². The van der Waals surface area contributed by atoms with Crippen LogP contribution in [0.15, 0.2) is 22.7 Å². The zero-order chi connectivity index (χ0) is 9.68. The van der Waals surface area contributed by atoms with E-state index < -0.39 is 0 Å². The molecule has 0 saturated heterocycles. The maximum absolute atomic E-state index is 11.8. The van der Waals surface area contributed by atoms with E-state index in [4.69, 9.17) is 11.6 Å². The smallest absolute Gasteiger partial charge is 0.0911 e. The van der Waals surface area contributed by atoms with Crippen molar-refractivity contribution in [1.29, 1.82) is 0 Å². The standard InChI is InChI=1S/C9H10BrClFN/c10-9-7(11)3-1-4-8(9)13-6-2-5-12/h1,3-4,13H,2,5-6H2. The Bertz CT molecular complexity index is 280. The predicted molar refractivity (Wildman–Crippen MR) is 58.2 cm³/mol. The van der Waals surface area contributed by atoms with Gasteiger partial charge >= 0.3 is 0 Å². The largest absolute Gasteiger partial charge is 0.384 e. The molecule has 1 aromatic carbocycles. The fourth-order valence-corrected chi connectivity index (χ4v) is 1.51. The van der Waals surface area contributed by atoms with Crippen LogP contribution in [0, 0.1) is 0 Å². The van der Waals surface area contributed by atoms with E-state index in [1.54, 1.807) is 6.07 Å². The Morgan fingerprint density at radius 3 is 2.92 bits per heavy atom. The molecule has 13 heavy (non-hydrogen) atoms. The molecule has 0 unspecified atom stereocenters. The van der Waals surface area contributed by atoms with Crippen molar-refractivity contribution in [2.75, 3.05) is 18.5 Å². The first-order chi connectivity index (χ1) is 6.25. The van der Waals surface area contributed by atoms with Gasteiger partial charge in [-0.2, -0.15) is 0 Å². The van der Waals surface area contributed by atoms with Crippen LogP contribution in [0.5, 0.6) is 0 Å². The predicted octanol–water partition coefficient (Wildman–Crippen LogP) is 3.87. The molecule has 0 heterocycles. The van der Waals surface area contributed by atoms with Gasteiger partial charge in [-0.15, -0.1) is 0 Å². The summed E-state index contributed by atoms with van der Waals surface area (Å²) in [6, 6.07) is 5.55. The number of hydrogen-bond donors (Lipinski definition) is 1. The summed E-state index contributed by atoms with van der Waals surface area (Å²) in [5, 5.41) is 3.74. The van der Waals surface area contributed by atoms with Crippen molar-refractivity contribution < 1.29 is 4.39 Å². The quantitative estimate of drug-likeness (QED) is 0.816. The first-order valence-corrected chi connectivity index (χ1v) is 5.16. The molecule has 0 saturated carbocycles. The van der Waals surface area contributed by atoms with Crippen molar-refractivity contribution in [3.05, 3.63) is 27.7 Å². The Morgan fingerprint density at radius 2 is 2.23 bits per heavy atom. The molecule has 1 rings (SSSR count). The summed E-state index contributed by atoms with van der Waals surface area (Å²) in [6.07, 6.45) is 0.513. The van der Waals surface area contributed by atoms with Crippen molar-refractivity contribution in [1.82, 2.24) is 0 Å².